The lowest BCUT2D eigenvalue weighted by atomic mass is 9.82. The largest absolute Gasteiger partial charge is 0.352 e. The van der Waals surface area contributed by atoms with Gasteiger partial charge in [-0.1, -0.05) is 22.9 Å². The maximum Gasteiger partial charge on any atom is 0.236 e. The Balaban J connectivity index is 2.28. The maximum absolute atomic E-state index is 11.4. The molecule has 0 atom stereocenters. The van der Waals surface area contributed by atoms with Crippen LogP contribution in [-0.2, 0) is 4.79 Å². The second kappa shape index (κ2) is 3.36. The van der Waals surface area contributed by atoms with Crippen LogP contribution in [0.15, 0.2) is 0 Å². The molecule has 1 fully saturated rings. The standard InChI is InChI=1S/C9H16BrNO/c1-6-4-7(5-6)11-8(12)9(2,3)10/h6-7H,4-5H2,1-3H3,(H,11,12). The van der Waals surface area contributed by atoms with Gasteiger partial charge in [0, 0.05) is 6.04 Å². The first kappa shape index (κ1) is 10.0. The number of hydrogen-bond acceptors (Lipinski definition) is 1. The summed E-state index contributed by atoms with van der Waals surface area (Å²) in [6.07, 6.45) is 2.27. The van der Waals surface area contributed by atoms with Crippen molar-refractivity contribution in [2.24, 2.45) is 5.92 Å². The lowest BCUT2D eigenvalue weighted by Crippen LogP contribution is -2.48. The lowest BCUT2D eigenvalue weighted by molar-refractivity contribution is -0.124. The van der Waals surface area contributed by atoms with Gasteiger partial charge in [-0.25, -0.2) is 0 Å². The van der Waals surface area contributed by atoms with Gasteiger partial charge in [0.1, 0.15) is 0 Å². The minimum Gasteiger partial charge on any atom is -0.352 e. The summed E-state index contributed by atoms with van der Waals surface area (Å²) >= 11 is 3.33. The number of carbonyl (C=O) groups excluding carboxylic acids is 1. The van der Waals surface area contributed by atoms with Crippen LogP contribution in [-0.4, -0.2) is 16.3 Å². The summed E-state index contributed by atoms with van der Waals surface area (Å²) in [5.41, 5.74) is 0. The Bertz CT molecular complexity index is 179. The number of nitrogens with one attached hydrogen (secondary N) is 1. The van der Waals surface area contributed by atoms with Crippen molar-refractivity contribution >= 4 is 21.8 Å². The van der Waals surface area contributed by atoms with Crippen molar-refractivity contribution in [2.75, 3.05) is 0 Å². The highest BCUT2D eigenvalue weighted by Gasteiger charge is 2.31. The minimum atomic E-state index is -0.425. The number of rotatable bonds is 2. The van der Waals surface area contributed by atoms with Gasteiger partial charge in [-0.3, -0.25) is 4.79 Å². The second-order valence-electron chi connectivity index (χ2n) is 4.22. The summed E-state index contributed by atoms with van der Waals surface area (Å²) < 4.78 is -0.425. The van der Waals surface area contributed by atoms with Crippen molar-refractivity contribution in [3.05, 3.63) is 0 Å². The van der Waals surface area contributed by atoms with Crippen LogP contribution in [0.1, 0.15) is 33.6 Å². The fourth-order valence-corrected chi connectivity index (χ4v) is 1.49. The molecule has 3 heteroatoms. The minimum absolute atomic E-state index is 0.0967. The SMILES string of the molecule is CC1CC(NC(=O)C(C)(C)Br)C1. The van der Waals surface area contributed by atoms with Gasteiger partial charge >= 0.3 is 0 Å². The smallest absolute Gasteiger partial charge is 0.236 e. The second-order valence-corrected chi connectivity index (χ2v) is 6.20. The van der Waals surface area contributed by atoms with Crippen molar-refractivity contribution in [3.63, 3.8) is 0 Å². The van der Waals surface area contributed by atoms with Gasteiger partial charge in [0.2, 0.25) is 5.91 Å². The van der Waals surface area contributed by atoms with E-state index < -0.39 is 4.32 Å². The van der Waals surface area contributed by atoms with Crippen LogP contribution in [0.2, 0.25) is 0 Å². The summed E-state index contributed by atoms with van der Waals surface area (Å²) in [5, 5.41) is 3.00. The average molecular weight is 234 g/mol. The molecule has 0 aromatic heterocycles. The topological polar surface area (TPSA) is 29.1 Å². The highest BCUT2D eigenvalue weighted by atomic mass is 79.9. The molecular weight excluding hydrogens is 218 g/mol. The fourth-order valence-electron chi connectivity index (χ4n) is 1.38. The Hall–Kier alpha value is -0.0500. The summed E-state index contributed by atoms with van der Waals surface area (Å²) in [6.45, 7) is 5.94. The molecule has 1 N–H and O–H groups in total. The third-order valence-electron chi connectivity index (χ3n) is 2.25. The molecule has 0 unspecified atom stereocenters. The lowest BCUT2D eigenvalue weighted by Gasteiger charge is -2.34. The first-order valence-corrected chi connectivity index (χ1v) is 5.19. The number of halogens is 1. The maximum atomic E-state index is 11.4. The van der Waals surface area contributed by atoms with Gasteiger partial charge in [-0.05, 0) is 32.6 Å². The van der Waals surface area contributed by atoms with E-state index in [0.717, 1.165) is 18.8 Å². The van der Waals surface area contributed by atoms with E-state index in [-0.39, 0.29) is 5.91 Å². The molecule has 0 heterocycles. The van der Waals surface area contributed by atoms with Gasteiger partial charge in [-0.2, -0.15) is 0 Å². The number of carbonyl (C=O) groups is 1. The Morgan fingerprint density at radius 2 is 2.00 bits per heavy atom. The van der Waals surface area contributed by atoms with Crippen LogP contribution in [0.25, 0.3) is 0 Å². The molecule has 0 aromatic rings. The van der Waals surface area contributed by atoms with Crippen LogP contribution in [0.4, 0.5) is 0 Å². The molecule has 0 aliphatic heterocycles. The van der Waals surface area contributed by atoms with Crippen molar-refractivity contribution < 1.29 is 4.79 Å². The van der Waals surface area contributed by atoms with E-state index in [1.165, 1.54) is 0 Å². The predicted octanol–water partition coefficient (Wildman–Crippen LogP) is 2.07. The van der Waals surface area contributed by atoms with Crippen molar-refractivity contribution in [2.45, 2.75) is 44.0 Å². The van der Waals surface area contributed by atoms with E-state index >= 15 is 0 Å². The third-order valence-corrected chi connectivity index (χ3v) is 2.61. The van der Waals surface area contributed by atoms with Crippen LogP contribution in [0.3, 0.4) is 0 Å². The zero-order chi connectivity index (χ0) is 9.35. The highest BCUT2D eigenvalue weighted by molar-refractivity contribution is 9.10. The molecular formula is C9H16BrNO. The summed E-state index contributed by atoms with van der Waals surface area (Å²) in [7, 11) is 0. The molecule has 1 amide bonds. The van der Waals surface area contributed by atoms with Crippen molar-refractivity contribution in [3.8, 4) is 0 Å². The number of alkyl halides is 1. The molecule has 70 valence electrons. The van der Waals surface area contributed by atoms with Gasteiger partial charge < -0.3 is 5.32 Å². The molecule has 0 saturated heterocycles. The molecule has 1 aliphatic carbocycles. The van der Waals surface area contributed by atoms with E-state index in [0.29, 0.717) is 6.04 Å². The Labute approximate surface area is 82.2 Å². The highest BCUT2D eigenvalue weighted by Crippen LogP contribution is 2.27. The van der Waals surface area contributed by atoms with Crippen LogP contribution in [0.5, 0.6) is 0 Å². The summed E-state index contributed by atoms with van der Waals surface area (Å²) in [4.78, 5) is 11.4. The van der Waals surface area contributed by atoms with Gasteiger partial charge in [0.15, 0.2) is 0 Å². The van der Waals surface area contributed by atoms with Gasteiger partial charge in [0.25, 0.3) is 0 Å². The van der Waals surface area contributed by atoms with Crippen LogP contribution in [0, 0.1) is 5.92 Å². The molecule has 1 saturated carbocycles. The number of amides is 1. The summed E-state index contributed by atoms with van der Waals surface area (Å²) in [5.74, 6) is 0.883. The third kappa shape index (κ3) is 2.47. The first-order chi connectivity index (χ1) is 5.39. The quantitative estimate of drug-likeness (QED) is 0.728. The molecule has 0 bridgehead atoms. The Morgan fingerprint density at radius 1 is 1.50 bits per heavy atom. The van der Waals surface area contributed by atoms with Gasteiger partial charge in [-0.15, -0.1) is 0 Å². The predicted molar refractivity (Wildman–Crippen MR) is 53.3 cm³/mol. The van der Waals surface area contributed by atoms with E-state index in [1.807, 2.05) is 13.8 Å². The van der Waals surface area contributed by atoms with Gasteiger partial charge in [0.05, 0.1) is 4.32 Å². The van der Waals surface area contributed by atoms with Crippen molar-refractivity contribution in [1.82, 2.24) is 5.32 Å². The molecule has 2 nitrogen and oxygen atoms in total. The van der Waals surface area contributed by atoms with Crippen LogP contribution < -0.4 is 5.32 Å². The van der Waals surface area contributed by atoms with Crippen molar-refractivity contribution in [1.29, 1.82) is 0 Å². The molecule has 0 radical (unpaired) electrons. The monoisotopic (exact) mass is 233 g/mol. The zero-order valence-electron chi connectivity index (χ0n) is 7.86. The van der Waals surface area contributed by atoms with E-state index in [9.17, 15) is 4.79 Å². The zero-order valence-corrected chi connectivity index (χ0v) is 9.44. The molecule has 0 aromatic carbocycles. The summed E-state index contributed by atoms with van der Waals surface area (Å²) in [6, 6.07) is 0.421. The van der Waals surface area contributed by atoms with E-state index in [2.05, 4.69) is 28.2 Å². The molecule has 0 spiro atoms. The number of hydrogen-bond donors (Lipinski definition) is 1. The van der Waals surface area contributed by atoms with E-state index in [4.69, 9.17) is 0 Å². The fraction of sp³-hybridized carbons (Fsp3) is 0.889. The normalized spacial score (nSPS) is 29.3. The molecule has 12 heavy (non-hydrogen) atoms. The Kier molecular flexibility index (Phi) is 2.81. The Morgan fingerprint density at radius 3 is 2.33 bits per heavy atom. The molecule has 1 rings (SSSR count). The average Bonchev–Trinajstić information content (AvgIpc) is 1.82. The molecule has 1 aliphatic rings. The first-order valence-electron chi connectivity index (χ1n) is 4.39. The van der Waals surface area contributed by atoms with Crippen LogP contribution >= 0.6 is 15.9 Å². The van der Waals surface area contributed by atoms with E-state index in [1.54, 1.807) is 0 Å².